The van der Waals surface area contributed by atoms with Gasteiger partial charge in [0.15, 0.2) is 5.25 Å². The number of sulfonamides is 1. The molecule has 0 saturated heterocycles. The summed E-state index contributed by atoms with van der Waals surface area (Å²) in [4.78, 5) is 0. The summed E-state index contributed by atoms with van der Waals surface area (Å²) in [7, 11) is -3.68. The van der Waals surface area contributed by atoms with Gasteiger partial charge in [-0.25, -0.2) is 8.42 Å². The second-order valence-corrected chi connectivity index (χ2v) is 5.96. The summed E-state index contributed by atoms with van der Waals surface area (Å²) in [5.74, 6) is 5.59. The Balaban J connectivity index is 3.03. The molecule has 100 valence electrons. The number of nitriles is 1. The molecule has 0 aliphatic heterocycles. The van der Waals surface area contributed by atoms with Gasteiger partial charge >= 0.3 is 0 Å². The predicted octanol–water partition coefficient (Wildman–Crippen LogP) is 0.959. The number of anilines is 1. The molecule has 1 aromatic rings. The van der Waals surface area contributed by atoms with Crippen molar-refractivity contribution in [3.63, 3.8) is 0 Å². The van der Waals surface area contributed by atoms with Gasteiger partial charge in [-0.1, -0.05) is 11.8 Å². The van der Waals surface area contributed by atoms with E-state index >= 15 is 0 Å². The van der Waals surface area contributed by atoms with Crippen molar-refractivity contribution < 1.29 is 8.42 Å². The zero-order valence-corrected chi connectivity index (χ0v) is 11.6. The quantitative estimate of drug-likeness (QED) is 0.804. The summed E-state index contributed by atoms with van der Waals surface area (Å²) < 4.78 is 25.9. The van der Waals surface area contributed by atoms with E-state index in [0.29, 0.717) is 5.69 Å². The summed E-state index contributed by atoms with van der Waals surface area (Å²) in [6.07, 6.45) is 0. The van der Waals surface area contributed by atoms with Crippen LogP contribution in [-0.4, -0.2) is 20.2 Å². The third-order valence-electron chi connectivity index (χ3n) is 2.46. The number of nitrogens with two attached hydrogens (primary N) is 1. The molecule has 1 aromatic carbocycles. The van der Waals surface area contributed by atoms with E-state index in [-0.39, 0.29) is 6.54 Å². The molecule has 0 aromatic heterocycles. The van der Waals surface area contributed by atoms with Crippen molar-refractivity contribution in [1.29, 1.82) is 5.26 Å². The van der Waals surface area contributed by atoms with Gasteiger partial charge in [0.05, 0.1) is 18.3 Å². The molecule has 0 saturated carbocycles. The van der Waals surface area contributed by atoms with Gasteiger partial charge in [-0.05, 0) is 37.6 Å². The maximum Gasteiger partial charge on any atom is 0.248 e. The van der Waals surface area contributed by atoms with E-state index in [1.807, 2.05) is 0 Å². The zero-order chi connectivity index (χ0) is 14.5. The second kappa shape index (κ2) is 6.24. The van der Waals surface area contributed by atoms with Crippen molar-refractivity contribution >= 4 is 15.7 Å². The molecule has 0 spiro atoms. The minimum Gasteiger partial charge on any atom is -0.320 e. The topological polar surface area (TPSA) is 96.0 Å². The van der Waals surface area contributed by atoms with Crippen LogP contribution in [0.1, 0.15) is 18.1 Å². The van der Waals surface area contributed by atoms with Crippen LogP contribution in [0.2, 0.25) is 0 Å². The third-order valence-corrected chi connectivity index (χ3v) is 4.00. The van der Waals surface area contributed by atoms with Crippen LogP contribution in [0.5, 0.6) is 0 Å². The molecule has 1 atom stereocenters. The van der Waals surface area contributed by atoms with Gasteiger partial charge in [0.2, 0.25) is 10.0 Å². The number of nitrogens with one attached hydrogen (secondary N) is 1. The predicted molar refractivity (Wildman–Crippen MR) is 74.7 cm³/mol. The highest BCUT2D eigenvalue weighted by Crippen LogP contribution is 2.18. The van der Waals surface area contributed by atoms with Gasteiger partial charge < -0.3 is 5.73 Å². The fourth-order valence-corrected chi connectivity index (χ4v) is 2.17. The van der Waals surface area contributed by atoms with Gasteiger partial charge in [-0.2, -0.15) is 5.26 Å². The molecule has 3 N–H and O–H groups in total. The summed E-state index contributed by atoms with van der Waals surface area (Å²) in [5, 5.41) is 7.55. The molecule has 19 heavy (non-hydrogen) atoms. The molecule has 0 bridgehead atoms. The highest BCUT2D eigenvalue weighted by Gasteiger charge is 2.20. The van der Waals surface area contributed by atoms with Crippen LogP contribution in [0.25, 0.3) is 0 Å². The maximum atomic E-state index is 11.8. The Morgan fingerprint density at radius 2 is 2.16 bits per heavy atom. The van der Waals surface area contributed by atoms with Crippen molar-refractivity contribution in [3.8, 4) is 17.9 Å². The lowest BCUT2D eigenvalue weighted by molar-refractivity contribution is 0.597. The average Bonchev–Trinajstić information content (AvgIpc) is 2.38. The van der Waals surface area contributed by atoms with Crippen LogP contribution in [0, 0.1) is 30.1 Å². The monoisotopic (exact) mass is 277 g/mol. The molecular weight excluding hydrogens is 262 g/mol. The number of hydrogen-bond donors (Lipinski definition) is 2. The van der Waals surface area contributed by atoms with E-state index in [9.17, 15) is 8.42 Å². The van der Waals surface area contributed by atoms with Crippen molar-refractivity contribution in [2.45, 2.75) is 19.1 Å². The SMILES string of the molecule is Cc1cc(C#CCN)ccc1NS(=O)(=O)C(C)C#N. The van der Waals surface area contributed by atoms with Crippen LogP contribution >= 0.6 is 0 Å². The molecule has 0 aliphatic rings. The van der Waals surface area contributed by atoms with Crippen molar-refractivity contribution in [1.82, 2.24) is 0 Å². The number of nitrogens with zero attached hydrogens (tertiary/aromatic N) is 1. The van der Waals surface area contributed by atoms with Crippen LogP contribution in [0.3, 0.4) is 0 Å². The highest BCUT2D eigenvalue weighted by molar-refractivity contribution is 7.93. The zero-order valence-electron chi connectivity index (χ0n) is 10.8. The lowest BCUT2D eigenvalue weighted by Gasteiger charge is -2.11. The molecule has 0 radical (unpaired) electrons. The fraction of sp³-hybridized carbons (Fsp3) is 0.308. The standard InChI is InChI=1S/C13H15N3O2S/c1-10-8-12(4-3-7-14)5-6-13(10)16-19(17,18)11(2)9-15/h5-6,8,11,16H,7,14H2,1-2H3. The van der Waals surface area contributed by atoms with E-state index in [2.05, 4.69) is 16.6 Å². The van der Waals surface area contributed by atoms with Crippen molar-refractivity contribution in [2.24, 2.45) is 5.73 Å². The summed E-state index contributed by atoms with van der Waals surface area (Å²) >= 11 is 0. The van der Waals surface area contributed by atoms with Gasteiger partial charge in [-0.15, -0.1) is 0 Å². The Morgan fingerprint density at radius 1 is 1.47 bits per heavy atom. The second-order valence-electron chi connectivity index (χ2n) is 3.95. The lowest BCUT2D eigenvalue weighted by Crippen LogP contribution is -2.24. The first kappa shape index (κ1) is 15.0. The maximum absolute atomic E-state index is 11.8. The van der Waals surface area contributed by atoms with Crippen molar-refractivity contribution in [3.05, 3.63) is 29.3 Å². The smallest absolute Gasteiger partial charge is 0.248 e. The molecule has 0 amide bonds. The molecule has 1 unspecified atom stereocenters. The number of hydrogen-bond acceptors (Lipinski definition) is 4. The van der Waals surface area contributed by atoms with E-state index < -0.39 is 15.3 Å². The third kappa shape index (κ3) is 3.99. The lowest BCUT2D eigenvalue weighted by atomic mass is 10.1. The Bertz CT molecular complexity index is 663. The van der Waals surface area contributed by atoms with Crippen LogP contribution < -0.4 is 10.5 Å². The first-order chi connectivity index (χ1) is 8.90. The Kier molecular flexibility index (Phi) is 4.94. The number of benzene rings is 1. The number of aryl methyl sites for hydroxylation is 1. The molecule has 1 rings (SSSR count). The minimum atomic E-state index is -3.68. The van der Waals surface area contributed by atoms with Gasteiger partial charge in [0.25, 0.3) is 0 Å². The van der Waals surface area contributed by atoms with Gasteiger partial charge in [0.1, 0.15) is 0 Å². The molecule has 6 heteroatoms. The highest BCUT2D eigenvalue weighted by atomic mass is 32.2. The molecule has 0 heterocycles. The van der Waals surface area contributed by atoms with E-state index in [0.717, 1.165) is 11.1 Å². The normalized spacial score (nSPS) is 11.9. The Morgan fingerprint density at radius 3 is 2.68 bits per heavy atom. The molecule has 5 nitrogen and oxygen atoms in total. The Hall–Kier alpha value is -2.02. The fourth-order valence-electron chi connectivity index (χ4n) is 1.32. The first-order valence-electron chi connectivity index (χ1n) is 5.61. The van der Waals surface area contributed by atoms with Crippen LogP contribution in [0.4, 0.5) is 5.69 Å². The minimum absolute atomic E-state index is 0.271. The van der Waals surface area contributed by atoms with Crippen LogP contribution in [0.15, 0.2) is 18.2 Å². The number of rotatable bonds is 3. The van der Waals surface area contributed by atoms with E-state index in [1.165, 1.54) is 6.92 Å². The Labute approximate surface area is 113 Å². The average molecular weight is 277 g/mol. The largest absolute Gasteiger partial charge is 0.320 e. The summed E-state index contributed by atoms with van der Waals surface area (Å²) in [5.41, 5.74) is 7.22. The van der Waals surface area contributed by atoms with Gasteiger partial charge in [-0.3, -0.25) is 4.72 Å². The van der Waals surface area contributed by atoms with Crippen LogP contribution in [-0.2, 0) is 10.0 Å². The van der Waals surface area contributed by atoms with E-state index in [4.69, 9.17) is 11.0 Å². The molecular formula is C13H15N3O2S. The van der Waals surface area contributed by atoms with Crippen molar-refractivity contribution in [2.75, 3.05) is 11.3 Å². The first-order valence-corrected chi connectivity index (χ1v) is 7.16. The summed E-state index contributed by atoms with van der Waals surface area (Å²) in [6.45, 7) is 3.37. The molecule has 0 fully saturated rings. The summed E-state index contributed by atoms with van der Waals surface area (Å²) in [6, 6.07) is 6.78. The van der Waals surface area contributed by atoms with Gasteiger partial charge in [0, 0.05) is 5.56 Å². The molecule has 0 aliphatic carbocycles. The van der Waals surface area contributed by atoms with E-state index in [1.54, 1.807) is 31.2 Å².